The van der Waals surface area contributed by atoms with E-state index in [-0.39, 0.29) is 11.3 Å². The van der Waals surface area contributed by atoms with Crippen molar-refractivity contribution in [3.63, 3.8) is 0 Å². The van der Waals surface area contributed by atoms with Crippen molar-refractivity contribution in [3.05, 3.63) is 71.2 Å². The van der Waals surface area contributed by atoms with Crippen LogP contribution in [0.4, 0.5) is 18.3 Å². The lowest BCUT2D eigenvalue weighted by atomic mass is 10.2. The van der Waals surface area contributed by atoms with Crippen molar-refractivity contribution in [3.8, 4) is 0 Å². The fourth-order valence-electron chi connectivity index (χ4n) is 1.90. The molecule has 27 heavy (non-hydrogen) atoms. The van der Waals surface area contributed by atoms with Gasteiger partial charge in [-0.1, -0.05) is 23.5 Å². The molecule has 0 unspecified atom stereocenters. The number of halogens is 3. The summed E-state index contributed by atoms with van der Waals surface area (Å²) in [6.07, 6.45) is 2.31. The Bertz CT molecular complexity index is 855. The van der Waals surface area contributed by atoms with Crippen LogP contribution in [-0.4, -0.2) is 23.3 Å². The standard InChI is InChI=1S/C12H11F3N2S2.C6H5NO/c1-16-12-17-10(5-13)11(19-12)18-6-7-8(14)3-2-4-9(7)15;8-5-6-3-1-2-4-7-6/h2-4H,5-6H2,1H3,(H,16,17);1-5H. The van der Waals surface area contributed by atoms with Crippen molar-refractivity contribution < 1.29 is 18.0 Å². The van der Waals surface area contributed by atoms with Crippen molar-refractivity contribution in [1.82, 2.24) is 9.97 Å². The number of thiazole rings is 1. The maximum atomic E-state index is 13.5. The van der Waals surface area contributed by atoms with Crippen LogP contribution in [0.3, 0.4) is 0 Å². The summed E-state index contributed by atoms with van der Waals surface area (Å²) >= 11 is 2.46. The fourth-order valence-corrected chi connectivity index (χ4v) is 4.01. The van der Waals surface area contributed by atoms with Gasteiger partial charge in [-0.05, 0) is 24.3 Å². The number of hydrogen-bond acceptors (Lipinski definition) is 6. The highest BCUT2D eigenvalue weighted by atomic mass is 32.2. The zero-order valence-electron chi connectivity index (χ0n) is 14.3. The molecule has 3 aromatic rings. The van der Waals surface area contributed by atoms with E-state index in [4.69, 9.17) is 0 Å². The molecule has 1 N–H and O–H groups in total. The number of thioether (sulfide) groups is 1. The van der Waals surface area contributed by atoms with Gasteiger partial charge >= 0.3 is 0 Å². The maximum Gasteiger partial charge on any atom is 0.183 e. The van der Waals surface area contributed by atoms with Crippen LogP contribution in [0.15, 0.2) is 46.8 Å². The molecule has 0 atom stereocenters. The number of aldehydes is 1. The minimum Gasteiger partial charge on any atom is -0.365 e. The molecule has 0 aliphatic carbocycles. The van der Waals surface area contributed by atoms with Crippen LogP contribution < -0.4 is 5.32 Å². The molecule has 2 heterocycles. The van der Waals surface area contributed by atoms with Gasteiger partial charge < -0.3 is 5.32 Å². The molecular weight excluding hydrogens is 395 g/mol. The Labute approximate surface area is 162 Å². The Morgan fingerprint density at radius 3 is 2.44 bits per heavy atom. The van der Waals surface area contributed by atoms with Gasteiger partial charge in [-0.3, -0.25) is 9.78 Å². The summed E-state index contributed by atoms with van der Waals surface area (Å²) < 4.78 is 40.3. The number of pyridine rings is 1. The van der Waals surface area contributed by atoms with Crippen LogP contribution in [0, 0.1) is 11.6 Å². The van der Waals surface area contributed by atoms with E-state index < -0.39 is 18.3 Å². The lowest BCUT2D eigenvalue weighted by molar-refractivity contribution is 0.111. The van der Waals surface area contributed by atoms with Crippen LogP contribution in [0.25, 0.3) is 0 Å². The van der Waals surface area contributed by atoms with E-state index in [0.29, 0.717) is 20.7 Å². The molecule has 0 radical (unpaired) electrons. The molecule has 3 rings (SSSR count). The molecule has 142 valence electrons. The number of alkyl halides is 1. The summed E-state index contributed by atoms with van der Waals surface area (Å²) in [6, 6.07) is 8.94. The summed E-state index contributed by atoms with van der Waals surface area (Å²) in [5.74, 6) is -1.07. The summed E-state index contributed by atoms with van der Waals surface area (Å²) in [7, 11) is 1.69. The third-order valence-corrected chi connectivity index (χ3v) is 5.66. The molecule has 9 heteroatoms. The number of aromatic nitrogens is 2. The summed E-state index contributed by atoms with van der Waals surface area (Å²) in [4.78, 5) is 17.7. The lowest BCUT2D eigenvalue weighted by Crippen LogP contribution is -1.93. The molecule has 2 aromatic heterocycles. The monoisotopic (exact) mass is 411 g/mol. The smallest absolute Gasteiger partial charge is 0.183 e. The van der Waals surface area contributed by atoms with Gasteiger partial charge in [0.2, 0.25) is 0 Å². The second-order valence-electron chi connectivity index (χ2n) is 5.00. The molecule has 0 fully saturated rings. The minimum atomic E-state index is -0.694. The van der Waals surface area contributed by atoms with Crippen molar-refractivity contribution in [2.75, 3.05) is 12.4 Å². The summed E-state index contributed by atoms with van der Waals surface area (Å²) in [5.41, 5.74) is 0.778. The number of carbonyl (C=O) groups excluding carboxylic acids is 1. The van der Waals surface area contributed by atoms with Crippen LogP contribution in [0.2, 0.25) is 0 Å². The maximum absolute atomic E-state index is 13.5. The third-order valence-electron chi connectivity index (χ3n) is 3.22. The van der Waals surface area contributed by atoms with Gasteiger partial charge in [0.25, 0.3) is 0 Å². The molecule has 1 aromatic carbocycles. The first-order chi connectivity index (χ1) is 13.1. The average Bonchev–Trinajstić information content (AvgIpc) is 3.11. The van der Waals surface area contributed by atoms with E-state index in [9.17, 15) is 18.0 Å². The normalized spacial score (nSPS) is 10.1. The van der Waals surface area contributed by atoms with Crippen LogP contribution >= 0.6 is 23.1 Å². The number of nitrogens with one attached hydrogen (secondary N) is 1. The first-order valence-electron chi connectivity index (χ1n) is 7.74. The van der Waals surface area contributed by atoms with Gasteiger partial charge in [-0.2, -0.15) is 0 Å². The van der Waals surface area contributed by atoms with Crippen molar-refractivity contribution in [2.24, 2.45) is 0 Å². The second-order valence-corrected chi connectivity index (χ2v) is 7.24. The van der Waals surface area contributed by atoms with Gasteiger partial charge in [-0.25, -0.2) is 18.2 Å². The Hall–Kier alpha value is -2.39. The van der Waals surface area contributed by atoms with E-state index in [1.54, 1.807) is 31.4 Å². The Morgan fingerprint density at radius 2 is 1.93 bits per heavy atom. The molecular formula is C18H16F3N3OS2. The topological polar surface area (TPSA) is 54.9 Å². The van der Waals surface area contributed by atoms with E-state index in [1.165, 1.54) is 41.3 Å². The van der Waals surface area contributed by atoms with E-state index in [0.717, 1.165) is 6.29 Å². The van der Waals surface area contributed by atoms with E-state index in [1.807, 2.05) is 0 Å². The number of anilines is 1. The van der Waals surface area contributed by atoms with Crippen LogP contribution in [-0.2, 0) is 12.4 Å². The Morgan fingerprint density at radius 1 is 1.19 bits per heavy atom. The van der Waals surface area contributed by atoms with Gasteiger partial charge in [0.05, 0.1) is 9.90 Å². The van der Waals surface area contributed by atoms with Crippen molar-refractivity contribution in [2.45, 2.75) is 16.6 Å². The van der Waals surface area contributed by atoms with Crippen LogP contribution in [0.5, 0.6) is 0 Å². The molecule has 0 amide bonds. The summed E-state index contributed by atoms with van der Waals surface area (Å²) in [5, 5.41) is 3.41. The first kappa shape index (κ1) is 20.9. The highest BCUT2D eigenvalue weighted by Crippen LogP contribution is 2.35. The highest BCUT2D eigenvalue weighted by molar-refractivity contribution is 8.00. The van der Waals surface area contributed by atoms with Gasteiger partial charge in [0, 0.05) is 24.6 Å². The predicted molar refractivity (Wildman–Crippen MR) is 102 cm³/mol. The number of hydrogen-bond donors (Lipinski definition) is 1. The van der Waals surface area contributed by atoms with Crippen molar-refractivity contribution >= 4 is 34.5 Å². The summed E-state index contributed by atoms with van der Waals surface area (Å²) in [6.45, 7) is -0.694. The highest BCUT2D eigenvalue weighted by Gasteiger charge is 2.14. The number of carbonyl (C=O) groups is 1. The fraction of sp³-hybridized carbons (Fsp3) is 0.167. The molecule has 0 aliphatic rings. The second kappa shape index (κ2) is 10.7. The average molecular weight is 411 g/mol. The Kier molecular flexibility index (Phi) is 8.28. The molecule has 0 aliphatic heterocycles. The minimum absolute atomic E-state index is 0.00304. The van der Waals surface area contributed by atoms with E-state index in [2.05, 4.69) is 15.3 Å². The number of benzene rings is 1. The Balaban J connectivity index is 0.000000273. The predicted octanol–water partition coefficient (Wildman–Crippen LogP) is 5.12. The molecule has 0 saturated carbocycles. The first-order valence-corrected chi connectivity index (χ1v) is 9.54. The number of rotatable bonds is 6. The van der Waals surface area contributed by atoms with E-state index >= 15 is 0 Å². The van der Waals surface area contributed by atoms with Gasteiger partial charge in [0.1, 0.15) is 24.0 Å². The molecule has 0 bridgehead atoms. The zero-order valence-corrected chi connectivity index (χ0v) is 15.9. The van der Waals surface area contributed by atoms with Crippen LogP contribution in [0.1, 0.15) is 21.7 Å². The van der Waals surface area contributed by atoms with Gasteiger partial charge in [-0.15, -0.1) is 11.8 Å². The molecule has 0 spiro atoms. The lowest BCUT2D eigenvalue weighted by Gasteiger charge is -2.03. The van der Waals surface area contributed by atoms with Gasteiger partial charge in [0.15, 0.2) is 11.4 Å². The molecule has 0 saturated heterocycles. The number of nitrogens with zero attached hydrogens (tertiary/aromatic N) is 2. The van der Waals surface area contributed by atoms with Crippen molar-refractivity contribution in [1.29, 1.82) is 0 Å². The molecule has 4 nitrogen and oxygen atoms in total. The third kappa shape index (κ3) is 6.07. The quantitative estimate of drug-likeness (QED) is 0.451. The largest absolute Gasteiger partial charge is 0.365 e. The SMILES string of the molecule is CNc1nc(CF)c(SCc2c(F)cccc2F)s1.O=Cc1ccccn1. The zero-order chi connectivity index (χ0) is 19.6.